The number of hydrogen-bond donors (Lipinski definition) is 2. The second-order valence-corrected chi connectivity index (χ2v) is 8.04. The Kier molecular flexibility index (Phi) is 5.74. The summed E-state index contributed by atoms with van der Waals surface area (Å²) in [6, 6.07) is 19.5. The van der Waals surface area contributed by atoms with E-state index >= 15 is 0 Å². The molecule has 0 radical (unpaired) electrons. The smallest absolute Gasteiger partial charge is 0.251 e. The minimum absolute atomic E-state index is 0.0581. The Hall–Kier alpha value is -2.96. The van der Waals surface area contributed by atoms with Crippen LogP contribution in [-0.2, 0) is 11.2 Å². The van der Waals surface area contributed by atoms with Gasteiger partial charge in [0.2, 0.25) is 5.91 Å². The van der Waals surface area contributed by atoms with Gasteiger partial charge < -0.3 is 10.6 Å². The number of hydrogen-bond acceptors (Lipinski definition) is 4. The van der Waals surface area contributed by atoms with Gasteiger partial charge in [0.25, 0.3) is 5.91 Å². The summed E-state index contributed by atoms with van der Waals surface area (Å²) in [5.74, 6) is -0.203. The lowest BCUT2D eigenvalue weighted by molar-refractivity contribution is -0.117. The minimum Gasteiger partial charge on any atom is -0.355 e. The van der Waals surface area contributed by atoms with Crippen LogP contribution in [0.25, 0.3) is 0 Å². The second kappa shape index (κ2) is 8.59. The van der Waals surface area contributed by atoms with Crippen molar-refractivity contribution in [2.45, 2.75) is 12.5 Å². The normalized spacial score (nSPS) is 16.1. The summed E-state index contributed by atoms with van der Waals surface area (Å²) in [5, 5.41) is 7.68. The van der Waals surface area contributed by atoms with Gasteiger partial charge in [-0.25, -0.2) is 0 Å². The van der Waals surface area contributed by atoms with E-state index in [0.29, 0.717) is 17.8 Å². The Morgan fingerprint density at radius 2 is 1.83 bits per heavy atom. The average molecular weight is 406 g/mol. The quantitative estimate of drug-likeness (QED) is 0.681. The number of thiophene rings is 1. The van der Waals surface area contributed by atoms with Crippen molar-refractivity contribution in [2.75, 3.05) is 25.5 Å². The molecule has 29 heavy (non-hydrogen) atoms. The molecule has 1 aliphatic rings. The van der Waals surface area contributed by atoms with Crippen LogP contribution in [-0.4, -0.2) is 36.9 Å². The molecule has 0 unspecified atom stereocenters. The fourth-order valence-corrected chi connectivity index (χ4v) is 4.70. The molecular weight excluding hydrogens is 382 g/mol. The van der Waals surface area contributed by atoms with Crippen molar-refractivity contribution in [1.82, 2.24) is 10.2 Å². The zero-order valence-corrected chi connectivity index (χ0v) is 17.0. The Morgan fingerprint density at radius 1 is 1.07 bits per heavy atom. The number of fused-ring (bicyclic) bond motifs is 1. The summed E-state index contributed by atoms with van der Waals surface area (Å²) in [6.07, 6.45) is 0.963. The lowest BCUT2D eigenvalue weighted by atomic mass is 9.93. The van der Waals surface area contributed by atoms with Crippen molar-refractivity contribution in [3.63, 3.8) is 0 Å². The number of anilines is 1. The van der Waals surface area contributed by atoms with Crippen LogP contribution in [0.2, 0.25) is 0 Å². The summed E-state index contributed by atoms with van der Waals surface area (Å²) in [4.78, 5) is 28.0. The average Bonchev–Trinajstić information content (AvgIpc) is 3.23. The molecule has 1 atom stereocenters. The summed E-state index contributed by atoms with van der Waals surface area (Å²) < 4.78 is 0. The van der Waals surface area contributed by atoms with Crippen LogP contribution in [0.3, 0.4) is 0 Å². The molecule has 148 valence electrons. The number of nitrogens with one attached hydrogen (secondary N) is 2. The van der Waals surface area contributed by atoms with E-state index in [9.17, 15) is 9.59 Å². The molecule has 5 nitrogen and oxygen atoms in total. The van der Waals surface area contributed by atoms with Crippen molar-refractivity contribution in [2.24, 2.45) is 0 Å². The van der Waals surface area contributed by atoms with Crippen LogP contribution in [0, 0.1) is 0 Å². The van der Waals surface area contributed by atoms with Crippen LogP contribution >= 0.6 is 11.3 Å². The highest BCUT2D eigenvalue weighted by molar-refractivity contribution is 7.10. The van der Waals surface area contributed by atoms with E-state index in [-0.39, 0.29) is 17.9 Å². The maximum atomic E-state index is 12.8. The zero-order valence-electron chi connectivity index (χ0n) is 16.2. The predicted molar refractivity (Wildman–Crippen MR) is 116 cm³/mol. The van der Waals surface area contributed by atoms with Crippen molar-refractivity contribution in [3.05, 3.63) is 87.6 Å². The molecule has 0 saturated heterocycles. The fraction of sp³-hybridized carbons (Fsp3) is 0.217. The lowest BCUT2D eigenvalue weighted by Crippen LogP contribution is -2.40. The van der Waals surface area contributed by atoms with Crippen molar-refractivity contribution >= 4 is 28.8 Å². The highest BCUT2D eigenvalue weighted by atomic mass is 32.1. The first kappa shape index (κ1) is 19.4. The van der Waals surface area contributed by atoms with Crippen LogP contribution in [0.4, 0.5) is 5.69 Å². The third-order valence-corrected chi connectivity index (χ3v) is 6.18. The van der Waals surface area contributed by atoms with Crippen LogP contribution in [0.5, 0.6) is 0 Å². The molecular formula is C23H23N3O2S. The van der Waals surface area contributed by atoms with Crippen LogP contribution in [0.15, 0.2) is 66.0 Å². The molecule has 1 aliphatic heterocycles. The Bertz CT molecular complexity index is 998. The summed E-state index contributed by atoms with van der Waals surface area (Å²) >= 11 is 1.79. The number of carbonyl (C=O) groups is 2. The fourth-order valence-electron chi connectivity index (χ4n) is 3.80. The monoisotopic (exact) mass is 405 g/mol. The van der Waals surface area contributed by atoms with E-state index in [2.05, 4.69) is 39.1 Å². The van der Waals surface area contributed by atoms with Gasteiger partial charge in [-0.05, 0) is 53.3 Å². The van der Waals surface area contributed by atoms with Gasteiger partial charge in [0.05, 0.1) is 12.6 Å². The van der Waals surface area contributed by atoms with Gasteiger partial charge >= 0.3 is 0 Å². The number of amides is 2. The van der Waals surface area contributed by atoms with Crippen LogP contribution < -0.4 is 10.6 Å². The molecule has 2 N–H and O–H groups in total. The lowest BCUT2D eigenvalue weighted by Gasteiger charge is -2.35. The Labute approximate surface area is 174 Å². The van der Waals surface area contributed by atoms with Gasteiger partial charge in [0, 0.05) is 29.7 Å². The summed E-state index contributed by atoms with van der Waals surface area (Å²) in [7, 11) is 1.60. The molecule has 1 aromatic heterocycles. The number of nitrogens with zero attached hydrogens (tertiary/aromatic N) is 1. The summed E-state index contributed by atoms with van der Waals surface area (Å²) in [5.41, 5.74) is 3.76. The first-order valence-corrected chi connectivity index (χ1v) is 10.5. The van der Waals surface area contributed by atoms with Crippen molar-refractivity contribution in [3.8, 4) is 0 Å². The number of carbonyl (C=O) groups excluding carboxylic acids is 2. The highest BCUT2D eigenvalue weighted by Gasteiger charge is 2.30. The van der Waals surface area contributed by atoms with Gasteiger partial charge in [0.1, 0.15) is 0 Å². The van der Waals surface area contributed by atoms with Crippen LogP contribution in [0.1, 0.15) is 32.4 Å². The molecule has 2 amide bonds. The molecule has 0 saturated carbocycles. The molecule has 0 fully saturated rings. The molecule has 4 rings (SSSR count). The van der Waals surface area contributed by atoms with Crippen molar-refractivity contribution in [1.29, 1.82) is 0 Å². The van der Waals surface area contributed by atoms with Gasteiger partial charge in [-0.15, -0.1) is 11.3 Å². The third-order valence-electron chi connectivity index (χ3n) is 5.19. The maximum Gasteiger partial charge on any atom is 0.251 e. The largest absolute Gasteiger partial charge is 0.355 e. The molecule has 2 heterocycles. The molecule has 0 bridgehead atoms. The number of benzene rings is 2. The first-order chi connectivity index (χ1) is 14.2. The van der Waals surface area contributed by atoms with E-state index < -0.39 is 0 Å². The Morgan fingerprint density at radius 3 is 2.55 bits per heavy atom. The van der Waals surface area contributed by atoms with E-state index in [4.69, 9.17) is 0 Å². The third kappa shape index (κ3) is 4.23. The molecule has 6 heteroatoms. The van der Waals surface area contributed by atoms with E-state index in [1.807, 2.05) is 18.2 Å². The highest BCUT2D eigenvalue weighted by Crippen LogP contribution is 2.37. The maximum absolute atomic E-state index is 12.8. The second-order valence-electron chi connectivity index (χ2n) is 7.04. The zero-order chi connectivity index (χ0) is 20.2. The first-order valence-electron chi connectivity index (χ1n) is 9.63. The van der Waals surface area contributed by atoms with Gasteiger partial charge in [-0.3, -0.25) is 14.5 Å². The topological polar surface area (TPSA) is 61.4 Å². The predicted octanol–water partition coefficient (Wildman–Crippen LogP) is 3.69. The SMILES string of the molecule is CNC(=O)c1ccc(NC(=O)CN2CCc3sccc3[C@H]2c2ccccc2)cc1. The van der Waals surface area contributed by atoms with E-state index in [0.717, 1.165) is 13.0 Å². The minimum atomic E-state index is -0.145. The molecule has 3 aromatic rings. The Balaban J connectivity index is 1.49. The van der Waals surface area contributed by atoms with E-state index in [1.165, 1.54) is 16.0 Å². The molecule has 0 aliphatic carbocycles. The van der Waals surface area contributed by atoms with Gasteiger partial charge in [-0.2, -0.15) is 0 Å². The summed E-state index contributed by atoms with van der Waals surface area (Å²) in [6.45, 7) is 1.15. The van der Waals surface area contributed by atoms with Crippen molar-refractivity contribution < 1.29 is 9.59 Å². The molecule has 0 spiro atoms. The number of rotatable bonds is 5. The van der Waals surface area contributed by atoms with Gasteiger partial charge in [0.15, 0.2) is 0 Å². The molecule has 2 aromatic carbocycles. The van der Waals surface area contributed by atoms with Gasteiger partial charge in [-0.1, -0.05) is 30.3 Å². The standard InChI is InChI=1S/C23H23N3O2S/c1-24-23(28)17-7-9-18(10-8-17)25-21(27)15-26-13-11-20-19(12-14-29-20)22(26)16-5-3-2-4-6-16/h2-10,12,14,22H,11,13,15H2,1H3,(H,24,28)(H,25,27)/t22-/m1/s1. The van der Waals surface area contributed by atoms with E-state index in [1.54, 1.807) is 42.6 Å².